The highest BCUT2D eigenvalue weighted by Crippen LogP contribution is 2.01. The number of urea groups is 1. The first-order chi connectivity index (χ1) is 4.52. The first-order valence-electron chi connectivity index (χ1n) is 2.55. The zero-order chi connectivity index (χ0) is 7.78. The molecule has 0 aromatic heterocycles. The summed E-state index contributed by atoms with van der Waals surface area (Å²) >= 11 is 0. The number of nitrogens with zero attached hydrogens (tertiary/aromatic N) is 1. The Hall–Kier alpha value is -0.820. The van der Waals surface area contributed by atoms with Gasteiger partial charge in [-0.2, -0.15) is 12.7 Å². The molecule has 2 N–H and O–H groups in total. The standard InChI is InChI=1S/C3H6N2O4S/c6-3-4-1-2-5(3)10(7,8)9/h1-2H2,(H,4,6)(H,7,8,9). The minimum atomic E-state index is -4.33. The summed E-state index contributed by atoms with van der Waals surface area (Å²) in [4.78, 5) is 10.5. The van der Waals surface area contributed by atoms with Gasteiger partial charge in [-0.05, 0) is 0 Å². The summed E-state index contributed by atoms with van der Waals surface area (Å²) in [5.74, 6) is 0. The highest BCUT2D eigenvalue weighted by Gasteiger charge is 2.29. The summed E-state index contributed by atoms with van der Waals surface area (Å²) in [7, 11) is -4.33. The smallest absolute Gasteiger partial charge is 0.335 e. The summed E-state index contributed by atoms with van der Waals surface area (Å²) in [5.41, 5.74) is 0. The second-order valence-corrected chi connectivity index (χ2v) is 3.12. The molecule has 6 nitrogen and oxygen atoms in total. The average Bonchev–Trinajstić information content (AvgIpc) is 2.11. The number of hydrogen-bond acceptors (Lipinski definition) is 3. The van der Waals surface area contributed by atoms with E-state index in [0.29, 0.717) is 4.31 Å². The Morgan fingerprint density at radius 1 is 1.60 bits per heavy atom. The zero-order valence-electron chi connectivity index (χ0n) is 4.94. The Labute approximate surface area is 57.7 Å². The van der Waals surface area contributed by atoms with E-state index in [1.165, 1.54) is 0 Å². The molecule has 0 radical (unpaired) electrons. The predicted octanol–water partition coefficient (Wildman–Crippen LogP) is -1.19. The van der Waals surface area contributed by atoms with Crippen molar-refractivity contribution in [1.82, 2.24) is 9.62 Å². The maximum atomic E-state index is 10.5. The van der Waals surface area contributed by atoms with E-state index in [1.807, 2.05) is 0 Å². The highest BCUT2D eigenvalue weighted by atomic mass is 32.2. The van der Waals surface area contributed by atoms with Crippen LogP contribution in [-0.4, -0.2) is 36.4 Å². The number of carbonyl (C=O) groups is 1. The molecule has 58 valence electrons. The number of rotatable bonds is 1. The minimum Gasteiger partial charge on any atom is -0.335 e. The van der Waals surface area contributed by atoms with Crippen molar-refractivity contribution in [2.75, 3.05) is 13.1 Å². The molecular formula is C3H6N2O4S. The van der Waals surface area contributed by atoms with Gasteiger partial charge < -0.3 is 5.32 Å². The van der Waals surface area contributed by atoms with Crippen molar-refractivity contribution >= 4 is 16.3 Å². The number of nitrogens with one attached hydrogen (secondary N) is 1. The fourth-order valence-corrected chi connectivity index (χ4v) is 1.27. The fraction of sp³-hybridized carbons (Fsp3) is 0.667. The van der Waals surface area contributed by atoms with Crippen molar-refractivity contribution in [2.24, 2.45) is 0 Å². The molecule has 10 heavy (non-hydrogen) atoms. The van der Waals surface area contributed by atoms with E-state index in [9.17, 15) is 13.2 Å². The Morgan fingerprint density at radius 2 is 2.20 bits per heavy atom. The monoisotopic (exact) mass is 166 g/mol. The lowest BCUT2D eigenvalue weighted by molar-refractivity contribution is 0.233. The maximum Gasteiger partial charge on any atom is 0.363 e. The van der Waals surface area contributed by atoms with Crippen LogP contribution < -0.4 is 5.32 Å². The summed E-state index contributed by atoms with van der Waals surface area (Å²) in [6, 6.07) is -0.775. The minimum absolute atomic E-state index is 0.00231. The molecule has 1 fully saturated rings. The van der Waals surface area contributed by atoms with Crippen LogP contribution in [0.4, 0.5) is 4.79 Å². The third-order valence-corrected chi connectivity index (χ3v) is 2.00. The molecule has 0 spiro atoms. The van der Waals surface area contributed by atoms with E-state index in [2.05, 4.69) is 5.32 Å². The van der Waals surface area contributed by atoms with Gasteiger partial charge in [-0.3, -0.25) is 4.55 Å². The van der Waals surface area contributed by atoms with Gasteiger partial charge in [0.05, 0.1) is 6.54 Å². The van der Waals surface area contributed by atoms with Crippen molar-refractivity contribution in [3.05, 3.63) is 0 Å². The van der Waals surface area contributed by atoms with Gasteiger partial charge in [-0.25, -0.2) is 4.79 Å². The Morgan fingerprint density at radius 3 is 2.40 bits per heavy atom. The maximum absolute atomic E-state index is 10.5. The Kier molecular flexibility index (Phi) is 1.53. The second-order valence-electron chi connectivity index (χ2n) is 1.78. The van der Waals surface area contributed by atoms with E-state index in [4.69, 9.17) is 4.55 Å². The third kappa shape index (κ3) is 1.19. The van der Waals surface area contributed by atoms with Crippen molar-refractivity contribution in [1.29, 1.82) is 0 Å². The van der Waals surface area contributed by atoms with Crippen LogP contribution in [0.1, 0.15) is 0 Å². The van der Waals surface area contributed by atoms with Gasteiger partial charge >= 0.3 is 16.3 Å². The van der Waals surface area contributed by atoms with E-state index in [-0.39, 0.29) is 13.1 Å². The highest BCUT2D eigenvalue weighted by molar-refractivity contribution is 7.84. The quantitative estimate of drug-likeness (QED) is 0.480. The molecule has 1 aliphatic rings. The van der Waals surface area contributed by atoms with Crippen LogP contribution in [0.25, 0.3) is 0 Å². The van der Waals surface area contributed by atoms with Gasteiger partial charge in [0.1, 0.15) is 0 Å². The number of carbonyl (C=O) groups excluding carboxylic acids is 1. The van der Waals surface area contributed by atoms with Crippen LogP contribution in [0.3, 0.4) is 0 Å². The number of amides is 2. The SMILES string of the molecule is O=C1NCCN1S(=O)(=O)O. The summed E-state index contributed by atoms with van der Waals surface area (Å²) in [5, 5.41) is 2.22. The first kappa shape index (κ1) is 7.29. The van der Waals surface area contributed by atoms with Gasteiger partial charge in [-0.1, -0.05) is 0 Å². The fourth-order valence-electron chi connectivity index (χ4n) is 0.674. The molecule has 0 unspecified atom stereocenters. The Bertz CT molecular complexity index is 245. The summed E-state index contributed by atoms with van der Waals surface area (Å²) < 4.78 is 29.2. The summed E-state index contributed by atoms with van der Waals surface area (Å²) in [6.45, 7) is 0.246. The molecule has 0 aromatic rings. The van der Waals surface area contributed by atoms with Crippen molar-refractivity contribution in [3.63, 3.8) is 0 Å². The van der Waals surface area contributed by atoms with Gasteiger partial charge in [0, 0.05) is 6.54 Å². The summed E-state index contributed by atoms with van der Waals surface area (Å²) in [6.07, 6.45) is 0. The first-order valence-corrected chi connectivity index (χ1v) is 3.94. The van der Waals surface area contributed by atoms with E-state index >= 15 is 0 Å². The van der Waals surface area contributed by atoms with Gasteiger partial charge in [0.25, 0.3) is 0 Å². The molecule has 1 rings (SSSR count). The molecule has 7 heteroatoms. The Balaban J connectivity index is 2.84. The lowest BCUT2D eigenvalue weighted by Crippen LogP contribution is -2.33. The largest absolute Gasteiger partial charge is 0.363 e. The third-order valence-electron chi connectivity index (χ3n) is 1.10. The van der Waals surface area contributed by atoms with E-state index in [1.54, 1.807) is 0 Å². The lowest BCUT2D eigenvalue weighted by atomic mass is 10.7. The molecule has 1 saturated heterocycles. The lowest BCUT2D eigenvalue weighted by Gasteiger charge is -2.07. The molecule has 0 atom stereocenters. The van der Waals surface area contributed by atoms with Gasteiger partial charge in [0.2, 0.25) is 0 Å². The predicted molar refractivity (Wildman–Crippen MR) is 31.7 cm³/mol. The van der Waals surface area contributed by atoms with E-state index in [0.717, 1.165) is 0 Å². The molecule has 0 aromatic carbocycles. The van der Waals surface area contributed by atoms with Crippen molar-refractivity contribution in [3.8, 4) is 0 Å². The topological polar surface area (TPSA) is 86.7 Å². The van der Waals surface area contributed by atoms with Crippen molar-refractivity contribution in [2.45, 2.75) is 0 Å². The van der Waals surface area contributed by atoms with Gasteiger partial charge in [0.15, 0.2) is 0 Å². The molecule has 1 aliphatic heterocycles. The molecule has 0 saturated carbocycles. The molecule has 0 aliphatic carbocycles. The molecule has 0 bridgehead atoms. The van der Waals surface area contributed by atoms with E-state index < -0.39 is 16.3 Å². The molecule has 1 heterocycles. The van der Waals surface area contributed by atoms with Crippen LogP contribution in [0.15, 0.2) is 0 Å². The molecular weight excluding hydrogens is 160 g/mol. The van der Waals surface area contributed by atoms with Crippen molar-refractivity contribution < 1.29 is 17.8 Å². The number of hydrogen-bond donors (Lipinski definition) is 2. The molecule has 2 amide bonds. The van der Waals surface area contributed by atoms with Crippen LogP contribution in [-0.2, 0) is 10.3 Å². The average molecular weight is 166 g/mol. The van der Waals surface area contributed by atoms with Crippen LogP contribution in [0, 0.1) is 0 Å². The van der Waals surface area contributed by atoms with Crippen LogP contribution in [0.5, 0.6) is 0 Å². The van der Waals surface area contributed by atoms with Crippen LogP contribution >= 0.6 is 0 Å². The van der Waals surface area contributed by atoms with Gasteiger partial charge in [-0.15, -0.1) is 0 Å². The normalized spacial score (nSPS) is 19.3. The second kappa shape index (κ2) is 2.10. The zero-order valence-corrected chi connectivity index (χ0v) is 5.76. The van der Waals surface area contributed by atoms with Crippen LogP contribution in [0.2, 0.25) is 0 Å².